The standard InChI is InChI=1S/C17H14ClFN2/c18-13-9-11(5-7-14(13)19)10-15(20)17-8-6-12-3-1-2-4-16(12)21-17/h1-9,15H,10,20H2. The van der Waals surface area contributed by atoms with Crippen LogP contribution in [0.15, 0.2) is 54.6 Å². The van der Waals surface area contributed by atoms with E-state index in [1.807, 2.05) is 36.4 Å². The van der Waals surface area contributed by atoms with E-state index in [0.29, 0.717) is 6.42 Å². The summed E-state index contributed by atoms with van der Waals surface area (Å²) in [5.74, 6) is -0.419. The van der Waals surface area contributed by atoms with Crippen molar-refractivity contribution in [3.05, 3.63) is 76.7 Å². The minimum absolute atomic E-state index is 0.117. The van der Waals surface area contributed by atoms with E-state index in [4.69, 9.17) is 17.3 Å². The molecule has 4 heteroatoms. The molecule has 0 aliphatic carbocycles. The van der Waals surface area contributed by atoms with Gasteiger partial charge in [-0.25, -0.2) is 4.39 Å². The van der Waals surface area contributed by atoms with Crippen LogP contribution in [-0.2, 0) is 6.42 Å². The fourth-order valence-electron chi connectivity index (χ4n) is 2.31. The van der Waals surface area contributed by atoms with Crippen LogP contribution in [0.25, 0.3) is 10.9 Å². The Morgan fingerprint density at radius 1 is 1.10 bits per heavy atom. The molecule has 1 aromatic heterocycles. The molecule has 0 spiro atoms. The third kappa shape index (κ3) is 3.04. The number of rotatable bonds is 3. The molecule has 1 atom stereocenters. The van der Waals surface area contributed by atoms with Crippen molar-refractivity contribution in [1.82, 2.24) is 4.98 Å². The van der Waals surface area contributed by atoms with Gasteiger partial charge in [-0.3, -0.25) is 4.98 Å². The normalized spacial score (nSPS) is 12.5. The Balaban J connectivity index is 1.85. The van der Waals surface area contributed by atoms with Crippen molar-refractivity contribution in [3.63, 3.8) is 0 Å². The lowest BCUT2D eigenvalue weighted by Crippen LogP contribution is -2.15. The van der Waals surface area contributed by atoms with Crippen LogP contribution in [0.4, 0.5) is 4.39 Å². The highest BCUT2D eigenvalue weighted by Gasteiger charge is 2.10. The van der Waals surface area contributed by atoms with Crippen LogP contribution in [0.1, 0.15) is 17.3 Å². The second kappa shape index (κ2) is 5.80. The molecule has 1 unspecified atom stereocenters. The minimum atomic E-state index is -0.419. The van der Waals surface area contributed by atoms with E-state index in [0.717, 1.165) is 22.2 Å². The van der Waals surface area contributed by atoms with Crippen LogP contribution in [-0.4, -0.2) is 4.98 Å². The van der Waals surface area contributed by atoms with E-state index in [-0.39, 0.29) is 11.1 Å². The highest BCUT2D eigenvalue weighted by atomic mass is 35.5. The van der Waals surface area contributed by atoms with Crippen LogP contribution >= 0.6 is 11.6 Å². The molecule has 0 saturated carbocycles. The van der Waals surface area contributed by atoms with Gasteiger partial charge >= 0.3 is 0 Å². The van der Waals surface area contributed by atoms with Crippen LogP contribution in [0.2, 0.25) is 5.02 Å². The van der Waals surface area contributed by atoms with E-state index in [9.17, 15) is 4.39 Å². The molecule has 0 saturated heterocycles. The summed E-state index contributed by atoms with van der Waals surface area (Å²) in [6.07, 6.45) is 0.561. The number of aromatic nitrogens is 1. The summed E-state index contributed by atoms with van der Waals surface area (Å²) in [4.78, 5) is 4.58. The first-order valence-electron chi connectivity index (χ1n) is 6.69. The lowest BCUT2D eigenvalue weighted by Gasteiger charge is -2.12. The Kier molecular flexibility index (Phi) is 3.86. The van der Waals surface area contributed by atoms with Crippen LogP contribution < -0.4 is 5.73 Å². The van der Waals surface area contributed by atoms with E-state index in [1.165, 1.54) is 6.07 Å². The average molecular weight is 301 g/mol. The molecule has 2 aromatic carbocycles. The van der Waals surface area contributed by atoms with E-state index >= 15 is 0 Å². The van der Waals surface area contributed by atoms with Crippen LogP contribution in [0.5, 0.6) is 0 Å². The Morgan fingerprint density at radius 2 is 1.90 bits per heavy atom. The fraction of sp³-hybridized carbons (Fsp3) is 0.118. The van der Waals surface area contributed by atoms with Gasteiger partial charge in [-0.2, -0.15) is 0 Å². The molecule has 0 aliphatic rings. The molecule has 2 nitrogen and oxygen atoms in total. The van der Waals surface area contributed by atoms with E-state index in [2.05, 4.69) is 4.98 Å². The van der Waals surface area contributed by atoms with Gasteiger partial charge in [0, 0.05) is 5.39 Å². The molecule has 3 rings (SSSR count). The van der Waals surface area contributed by atoms with Gasteiger partial charge in [0.25, 0.3) is 0 Å². The van der Waals surface area contributed by atoms with E-state index in [1.54, 1.807) is 12.1 Å². The van der Waals surface area contributed by atoms with Crippen molar-refractivity contribution < 1.29 is 4.39 Å². The second-order valence-electron chi connectivity index (χ2n) is 4.99. The van der Waals surface area contributed by atoms with E-state index < -0.39 is 5.82 Å². The molecule has 0 bridgehead atoms. The number of nitrogens with two attached hydrogens (primary N) is 1. The summed E-state index contributed by atoms with van der Waals surface area (Å²) in [6, 6.07) is 16.2. The predicted molar refractivity (Wildman–Crippen MR) is 83.8 cm³/mol. The first-order chi connectivity index (χ1) is 10.1. The summed E-state index contributed by atoms with van der Waals surface area (Å²) in [5.41, 5.74) is 8.83. The van der Waals surface area contributed by atoms with Crippen molar-refractivity contribution in [1.29, 1.82) is 0 Å². The summed E-state index contributed by atoms with van der Waals surface area (Å²) in [6.45, 7) is 0. The van der Waals surface area contributed by atoms with Gasteiger partial charge in [0.05, 0.1) is 22.3 Å². The number of hydrogen-bond acceptors (Lipinski definition) is 2. The van der Waals surface area contributed by atoms with Gasteiger partial charge < -0.3 is 5.73 Å². The van der Waals surface area contributed by atoms with Gasteiger partial charge in [0.2, 0.25) is 0 Å². The molecule has 3 aromatic rings. The van der Waals surface area contributed by atoms with Crippen molar-refractivity contribution in [2.24, 2.45) is 5.73 Å². The zero-order chi connectivity index (χ0) is 14.8. The highest BCUT2D eigenvalue weighted by Crippen LogP contribution is 2.21. The fourth-order valence-corrected chi connectivity index (χ4v) is 2.52. The van der Waals surface area contributed by atoms with Crippen molar-refractivity contribution in [2.45, 2.75) is 12.5 Å². The number of halogens is 2. The molecule has 106 valence electrons. The minimum Gasteiger partial charge on any atom is -0.322 e. The van der Waals surface area contributed by atoms with Crippen molar-refractivity contribution >= 4 is 22.5 Å². The summed E-state index contributed by atoms with van der Waals surface area (Å²) in [7, 11) is 0. The van der Waals surface area contributed by atoms with Gasteiger partial charge in [-0.15, -0.1) is 0 Å². The zero-order valence-electron chi connectivity index (χ0n) is 11.3. The maximum Gasteiger partial charge on any atom is 0.141 e. The molecule has 0 radical (unpaired) electrons. The number of para-hydroxylation sites is 1. The molecule has 0 amide bonds. The Labute approximate surface area is 127 Å². The highest BCUT2D eigenvalue weighted by molar-refractivity contribution is 6.30. The maximum absolute atomic E-state index is 13.2. The van der Waals surface area contributed by atoms with Crippen molar-refractivity contribution in [3.8, 4) is 0 Å². The van der Waals surface area contributed by atoms with Crippen molar-refractivity contribution in [2.75, 3.05) is 0 Å². The Hall–Kier alpha value is -1.97. The molecule has 21 heavy (non-hydrogen) atoms. The molecule has 2 N–H and O–H groups in total. The first kappa shape index (κ1) is 14.0. The molecular formula is C17H14ClFN2. The van der Waals surface area contributed by atoms with Gasteiger partial charge in [0.1, 0.15) is 5.82 Å². The Morgan fingerprint density at radius 3 is 2.71 bits per heavy atom. The predicted octanol–water partition coefficient (Wildman–Crippen LogP) is 4.27. The summed E-state index contributed by atoms with van der Waals surface area (Å²) < 4.78 is 13.2. The quantitative estimate of drug-likeness (QED) is 0.784. The lowest BCUT2D eigenvalue weighted by atomic mass is 10.0. The molecular weight excluding hydrogens is 287 g/mol. The van der Waals surface area contributed by atoms with Gasteiger partial charge in [-0.05, 0) is 36.2 Å². The third-order valence-corrected chi connectivity index (χ3v) is 3.73. The number of nitrogens with zero attached hydrogens (tertiary/aromatic N) is 1. The summed E-state index contributed by atoms with van der Waals surface area (Å²) in [5, 5.41) is 1.20. The number of benzene rings is 2. The maximum atomic E-state index is 13.2. The number of pyridine rings is 1. The molecule has 1 heterocycles. The molecule has 0 aliphatic heterocycles. The lowest BCUT2D eigenvalue weighted by molar-refractivity contribution is 0.625. The summed E-state index contributed by atoms with van der Waals surface area (Å²) >= 11 is 5.79. The first-order valence-corrected chi connectivity index (χ1v) is 7.06. The zero-order valence-corrected chi connectivity index (χ0v) is 12.0. The molecule has 0 fully saturated rings. The third-order valence-electron chi connectivity index (χ3n) is 3.44. The average Bonchev–Trinajstić information content (AvgIpc) is 2.50. The number of fused-ring (bicyclic) bond motifs is 1. The SMILES string of the molecule is NC(Cc1ccc(F)c(Cl)c1)c1ccc2ccccc2n1. The van der Waals surface area contributed by atoms with Crippen LogP contribution in [0, 0.1) is 5.82 Å². The van der Waals surface area contributed by atoms with Crippen LogP contribution in [0.3, 0.4) is 0 Å². The van der Waals surface area contributed by atoms with Gasteiger partial charge in [0.15, 0.2) is 0 Å². The topological polar surface area (TPSA) is 38.9 Å². The second-order valence-corrected chi connectivity index (χ2v) is 5.40. The smallest absolute Gasteiger partial charge is 0.141 e. The number of hydrogen-bond donors (Lipinski definition) is 1. The Bertz CT molecular complexity index is 789. The largest absolute Gasteiger partial charge is 0.322 e. The monoisotopic (exact) mass is 300 g/mol. The van der Waals surface area contributed by atoms with Gasteiger partial charge in [-0.1, -0.05) is 41.9 Å².